The summed E-state index contributed by atoms with van der Waals surface area (Å²) in [5, 5.41) is 0. The van der Waals surface area contributed by atoms with E-state index in [9.17, 15) is 0 Å². The molecule has 5 heteroatoms. The highest BCUT2D eigenvalue weighted by molar-refractivity contribution is 5.87. The second kappa shape index (κ2) is 12.0. The van der Waals surface area contributed by atoms with Gasteiger partial charge in [0.25, 0.3) is 0 Å². The molecular formula is C30H43NO4. The Hall–Kier alpha value is -1.76. The summed E-state index contributed by atoms with van der Waals surface area (Å²) in [5.74, 6) is 0. The maximum absolute atomic E-state index is 5.90. The van der Waals surface area contributed by atoms with Crippen LogP contribution in [-0.2, 0) is 37.5 Å². The molecule has 0 aromatic heterocycles. The van der Waals surface area contributed by atoms with Crippen molar-refractivity contribution < 1.29 is 18.9 Å². The molecule has 0 amide bonds. The van der Waals surface area contributed by atoms with Gasteiger partial charge >= 0.3 is 0 Å². The Morgan fingerprint density at radius 1 is 0.686 bits per heavy atom. The van der Waals surface area contributed by atoms with Crippen LogP contribution in [0.4, 0.5) is 0 Å². The van der Waals surface area contributed by atoms with Crippen molar-refractivity contribution in [2.45, 2.75) is 58.0 Å². The fourth-order valence-corrected chi connectivity index (χ4v) is 6.20. The maximum Gasteiger partial charge on any atom is 0.0700 e. The molecule has 1 heterocycles. The molecule has 0 atom stereocenters. The van der Waals surface area contributed by atoms with Gasteiger partial charge in [-0.3, -0.25) is 4.90 Å². The van der Waals surface area contributed by atoms with Crippen LogP contribution in [0.15, 0.2) is 24.3 Å². The highest BCUT2D eigenvalue weighted by Crippen LogP contribution is 2.57. The van der Waals surface area contributed by atoms with E-state index in [1.807, 2.05) is 0 Å². The molecule has 0 saturated heterocycles. The Morgan fingerprint density at radius 3 is 1.57 bits per heavy atom. The Morgan fingerprint density at radius 2 is 1.14 bits per heavy atom. The number of hydrogen-bond acceptors (Lipinski definition) is 5. The first-order chi connectivity index (χ1) is 17.0. The van der Waals surface area contributed by atoms with Gasteiger partial charge in [-0.15, -0.1) is 0 Å². The van der Waals surface area contributed by atoms with Crippen molar-refractivity contribution in [1.82, 2.24) is 4.90 Å². The number of methoxy groups -OCH3 is 2. The fraction of sp³-hybridized carbons (Fsp3) is 0.600. The van der Waals surface area contributed by atoms with E-state index in [0.717, 1.165) is 52.0 Å². The zero-order valence-electron chi connectivity index (χ0n) is 22.4. The van der Waals surface area contributed by atoms with E-state index >= 15 is 0 Å². The zero-order chi connectivity index (χ0) is 24.8. The average Bonchev–Trinajstić information content (AvgIpc) is 2.98. The number of nitrogens with zero attached hydrogens (tertiary/aromatic N) is 1. The summed E-state index contributed by atoms with van der Waals surface area (Å²) in [5.41, 5.74) is 11.7. The van der Waals surface area contributed by atoms with E-state index in [1.54, 1.807) is 14.2 Å². The molecule has 0 N–H and O–H groups in total. The molecule has 2 aromatic carbocycles. The molecule has 0 fully saturated rings. The van der Waals surface area contributed by atoms with E-state index in [0.29, 0.717) is 26.4 Å². The SMILES string of the molecule is COCCOCCCC1(CCCOCCOC)c2cc(C)cc3c2-c2c(cc(C)cc21)CN(C)C3. The number of hydrogen-bond donors (Lipinski definition) is 0. The lowest BCUT2D eigenvalue weighted by Gasteiger charge is -2.34. The lowest BCUT2D eigenvalue weighted by Crippen LogP contribution is -2.28. The van der Waals surface area contributed by atoms with Gasteiger partial charge in [0.1, 0.15) is 0 Å². The standard InChI is InChI=1S/C30H43NO4/c1-22-16-24-20-31(3)21-25-17-23(2)19-27-29(25)28(24)26(18-22)30(27,8-6-10-34-14-12-32-4)9-7-11-35-15-13-33-5/h16-19H,6-15,20-21H2,1-5H3. The molecule has 2 aromatic rings. The molecular weight excluding hydrogens is 438 g/mol. The van der Waals surface area contributed by atoms with E-state index in [2.05, 4.69) is 50.1 Å². The van der Waals surface area contributed by atoms with Crippen molar-refractivity contribution in [2.75, 3.05) is 60.9 Å². The topological polar surface area (TPSA) is 40.2 Å². The summed E-state index contributed by atoms with van der Waals surface area (Å²) in [6, 6.07) is 9.76. The van der Waals surface area contributed by atoms with Gasteiger partial charge in [0, 0.05) is 45.9 Å². The summed E-state index contributed by atoms with van der Waals surface area (Å²) in [6.45, 7) is 10.6. The van der Waals surface area contributed by atoms with Gasteiger partial charge in [0.15, 0.2) is 0 Å². The molecule has 0 radical (unpaired) electrons. The lowest BCUT2D eigenvalue weighted by atomic mass is 9.70. The second-order valence-electron chi connectivity index (χ2n) is 10.4. The third-order valence-corrected chi connectivity index (χ3v) is 7.54. The maximum atomic E-state index is 5.90. The summed E-state index contributed by atoms with van der Waals surface area (Å²) in [6.07, 6.45) is 4.22. The summed E-state index contributed by atoms with van der Waals surface area (Å²) in [4.78, 5) is 2.46. The molecule has 0 bridgehead atoms. The van der Waals surface area contributed by atoms with Crippen LogP contribution >= 0.6 is 0 Å². The van der Waals surface area contributed by atoms with Crippen LogP contribution in [0.25, 0.3) is 11.1 Å². The molecule has 0 saturated carbocycles. The van der Waals surface area contributed by atoms with Gasteiger partial charge in [-0.05, 0) is 80.0 Å². The van der Waals surface area contributed by atoms with E-state index in [1.165, 1.54) is 44.5 Å². The Kier molecular flexibility index (Phi) is 9.01. The zero-order valence-corrected chi connectivity index (χ0v) is 22.4. The van der Waals surface area contributed by atoms with Crippen LogP contribution in [0.2, 0.25) is 0 Å². The first kappa shape index (κ1) is 26.3. The number of aryl methyl sites for hydroxylation is 2. The van der Waals surface area contributed by atoms with Crippen LogP contribution in [-0.4, -0.2) is 65.8 Å². The Bertz CT molecular complexity index is 923. The first-order valence-electron chi connectivity index (χ1n) is 13.1. The van der Waals surface area contributed by atoms with Crippen molar-refractivity contribution >= 4 is 0 Å². The van der Waals surface area contributed by atoms with Crippen molar-refractivity contribution in [3.05, 3.63) is 57.6 Å². The smallest absolute Gasteiger partial charge is 0.0700 e. The molecule has 35 heavy (non-hydrogen) atoms. The van der Waals surface area contributed by atoms with Gasteiger partial charge in [-0.1, -0.05) is 35.4 Å². The van der Waals surface area contributed by atoms with Crippen molar-refractivity contribution in [2.24, 2.45) is 0 Å². The monoisotopic (exact) mass is 481 g/mol. The van der Waals surface area contributed by atoms with Crippen molar-refractivity contribution in [3.63, 3.8) is 0 Å². The predicted molar refractivity (Wildman–Crippen MR) is 141 cm³/mol. The van der Waals surface area contributed by atoms with Gasteiger partial charge in [0.2, 0.25) is 0 Å². The second-order valence-corrected chi connectivity index (χ2v) is 10.4. The van der Waals surface area contributed by atoms with Crippen LogP contribution < -0.4 is 0 Å². The van der Waals surface area contributed by atoms with Crippen LogP contribution in [0.3, 0.4) is 0 Å². The van der Waals surface area contributed by atoms with Crippen molar-refractivity contribution in [1.29, 1.82) is 0 Å². The molecule has 192 valence electrons. The number of ether oxygens (including phenoxy) is 4. The summed E-state index contributed by atoms with van der Waals surface area (Å²) in [7, 11) is 5.69. The number of rotatable bonds is 14. The predicted octanol–water partition coefficient (Wildman–Crippen LogP) is 5.40. The van der Waals surface area contributed by atoms with Gasteiger partial charge in [-0.25, -0.2) is 0 Å². The van der Waals surface area contributed by atoms with E-state index in [4.69, 9.17) is 18.9 Å². The largest absolute Gasteiger partial charge is 0.382 e. The Balaban J connectivity index is 1.72. The van der Waals surface area contributed by atoms with E-state index < -0.39 is 0 Å². The van der Waals surface area contributed by atoms with Gasteiger partial charge in [-0.2, -0.15) is 0 Å². The summed E-state index contributed by atoms with van der Waals surface area (Å²) >= 11 is 0. The van der Waals surface area contributed by atoms with E-state index in [-0.39, 0.29) is 5.41 Å². The van der Waals surface area contributed by atoms with Crippen molar-refractivity contribution in [3.8, 4) is 11.1 Å². The lowest BCUT2D eigenvalue weighted by molar-refractivity contribution is 0.0629. The molecule has 2 aliphatic rings. The third-order valence-electron chi connectivity index (χ3n) is 7.54. The summed E-state index contributed by atoms with van der Waals surface area (Å²) < 4.78 is 22.1. The highest BCUT2D eigenvalue weighted by Gasteiger charge is 2.45. The minimum atomic E-state index is -0.00263. The van der Waals surface area contributed by atoms with Crippen LogP contribution in [0, 0.1) is 13.8 Å². The quantitative estimate of drug-likeness (QED) is 0.338. The van der Waals surface area contributed by atoms with Gasteiger partial charge < -0.3 is 18.9 Å². The minimum absolute atomic E-state index is 0.00263. The fourth-order valence-electron chi connectivity index (χ4n) is 6.20. The molecule has 5 nitrogen and oxygen atoms in total. The molecule has 0 unspecified atom stereocenters. The third kappa shape index (κ3) is 5.65. The molecule has 4 rings (SSSR count). The van der Waals surface area contributed by atoms with Crippen LogP contribution in [0.1, 0.15) is 59.1 Å². The van der Waals surface area contributed by atoms with Gasteiger partial charge in [0.05, 0.1) is 26.4 Å². The molecule has 0 spiro atoms. The molecule has 1 aliphatic carbocycles. The minimum Gasteiger partial charge on any atom is -0.382 e. The highest BCUT2D eigenvalue weighted by atomic mass is 16.5. The first-order valence-corrected chi connectivity index (χ1v) is 13.1. The average molecular weight is 482 g/mol. The molecule has 1 aliphatic heterocycles. The Labute approximate surface area is 211 Å². The normalized spacial score (nSPS) is 15.9. The number of benzene rings is 2. The van der Waals surface area contributed by atoms with Crippen LogP contribution in [0.5, 0.6) is 0 Å².